The van der Waals surface area contributed by atoms with Crippen LogP contribution in [-0.2, 0) is 4.79 Å². The first-order valence-electron chi connectivity index (χ1n) is 8.81. The van der Waals surface area contributed by atoms with Gasteiger partial charge in [0, 0.05) is 19.0 Å². The van der Waals surface area contributed by atoms with Crippen LogP contribution in [0.15, 0.2) is 48.5 Å². The van der Waals surface area contributed by atoms with E-state index in [9.17, 15) is 4.79 Å². The molecule has 0 bridgehead atoms. The molecule has 0 saturated carbocycles. The highest BCUT2D eigenvalue weighted by molar-refractivity contribution is 5.78. The Bertz CT molecular complexity index is 730. The van der Waals surface area contributed by atoms with Crippen LogP contribution in [0.3, 0.4) is 0 Å². The van der Waals surface area contributed by atoms with E-state index in [1.54, 1.807) is 0 Å². The number of rotatable bonds is 5. The Hall–Kier alpha value is -2.33. The third-order valence-electron chi connectivity index (χ3n) is 5.01. The van der Waals surface area contributed by atoms with E-state index < -0.39 is 0 Å². The number of nitrogens with two attached hydrogens (primary N) is 1. The van der Waals surface area contributed by atoms with Crippen molar-refractivity contribution in [3.8, 4) is 5.75 Å². The van der Waals surface area contributed by atoms with Crippen molar-refractivity contribution in [1.29, 1.82) is 0 Å². The number of nitrogens with zero attached hydrogens (tertiary/aromatic N) is 1. The van der Waals surface area contributed by atoms with Gasteiger partial charge in [0.1, 0.15) is 5.75 Å². The predicted molar refractivity (Wildman–Crippen MR) is 99.7 cm³/mol. The van der Waals surface area contributed by atoms with Gasteiger partial charge in [0.15, 0.2) is 6.61 Å². The van der Waals surface area contributed by atoms with Crippen LogP contribution in [0.25, 0.3) is 0 Å². The topological polar surface area (TPSA) is 55.6 Å². The second-order valence-electron chi connectivity index (χ2n) is 6.87. The minimum Gasteiger partial charge on any atom is -0.484 e. The van der Waals surface area contributed by atoms with Gasteiger partial charge in [-0.05, 0) is 43.5 Å². The number of carbonyl (C=O) groups excluding carboxylic acids is 1. The van der Waals surface area contributed by atoms with E-state index in [-0.39, 0.29) is 12.5 Å². The fraction of sp³-hybridized carbons (Fsp3) is 0.381. The molecule has 2 N–H and O–H groups in total. The Morgan fingerprint density at radius 2 is 1.92 bits per heavy atom. The monoisotopic (exact) mass is 338 g/mol. The van der Waals surface area contributed by atoms with Crippen molar-refractivity contribution in [2.24, 2.45) is 11.7 Å². The SMILES string of the molecule is Cc1ccc(OCC(=O)N2C[C@@H](CN)[C@H](c3ccccc3)C2)c(C)c1. The highest BCUT2D eigenvalue weighted by Crippen LogP contribution is 2.32. The summed E-state index contributed by atoms with van der Waals surface area (Å²) >= 11 is 0. The highest BCUT2D eigenvalue weighted by Gasteiger charge is 2.35. The van der Waals surface area contributed by atoms with Gasteiger partial charge in [0.25, 0.3) is 5.91 Å². The highest BCUT2D eigenvalue weighted by atomic mass is 16.5. The second kappa shape index (κ2) is 7.70. The van der Waals surface area contributed by atoms with Crippen molar-refractivity contribution in [3.63, 3.8) is 0 Å². The summed E-state index contributed by atoms with van der Waals surface area (Å²) in [5.74, 6) is 1.40. The second-order valence-corrected chi connectivity index (χ2v) is 6.87. The maximum Gasteiger partial charge on any atom is 0.260 e. The summed E-state index contributed by atoms with van der Waals surface area (Å²) in [6.45, 7) is 6.11. The van der Waals surface area contributed by atoms with Crippen molar-refractivity contribution in [2.45, 2.75) is 19.8 Å². The zero-order valence-corrected chi connectivity index (χ0v) is 14.9. The Morgan fingerprint density at radius 3 is 2.60 bits per heavy atom. The van der Waals surface area contributed by atoms with Crippen LogP contribution >= 0.6 is 0 Å². The van der Waals surface area contributed by atoms with Crippen molar-refractivity contribution in [1.82, 2.24) is 4.90 Å². The van der Waals surface area contributed by atoms with E-state index in [1.165, 1.54) is 11.1 Å². The molecule has 2 aromatic carbocycles. The third kappa shape index (κ3) is 4.02. The van der Waals surface area contributed by atoms with Crippen LogP contribution in [0.4, 0.5) is 0 Å². The summed E-state index contributed by atoms with van der Waals surface area (Å²) < 4.78 is 5.75. The maximum atomic E-state index is 12.6. The van der Waals surface area contributed by atoms with Crippen LogP contribution < -0.4 is 10.5 Å². The lowest BCUT2D eigenvalue weighted by molar-refractivity contribution is -0.132. The number of ether oxygens (including phenoxy) is 1. The minimum atomic E-state index is 0.0249. The molecule has 4 nitrogen and oxygen atoms in total. The number of hydrogen-bond acceptors (Lipinski definition) is 3. The molecule has 3 rings (SSSR count). The van der Waals surface area contributed by atoms with E-state index in [2.05, 4.69) is 18.2 Å². The van der Waals surface area contributed by atoms with Gasteiger partial charge in [0.05, 0.1) is 0 Å². The van der Waals surface area contributed by atoms with Crippen LogP contribution in [0, 0.1) is 19.8 Å². The molecule has 1 fully saturated rings. The van der Waals surface area contributed by atoms with Crippen LogP contribution in [0.5, 0.6) is 5.75 Å². The lowest BCUT2D eigenvalue weighted by Gasteiger charge is -2.17. The maximum absolute atomic E-state index is 12.6. The number of aryl methyl sites for hydroxylation is 2. The number of benzene rings is 2. The average molecular weight is 338 g/mol. The molecule has 0 unspecified atom stereocenters. The van der Waals surface area contributed by atoms with Crippen molar-refractivity contribution < 1.29 is 9.53 Å². The standard InChI is InChI=1S/C21H26N2O2/c1-15-8-9-20(16(2)10-15)25-14-21(24)23-12-18(11-22)19(13-23)17-6-4-3-5-7-17/h3-10,18-19H,11-14,22H2,1-2H3/t18-,19+/m1/s1. The molecule has 2 aromatic rings. The number of hydrogen-bond donors (Lipinski definition) is 1. The quantitative estimate of drug-likeness (QED) is 0.912. The van der Waals surface area contributed by atoms with Gasteiger partial charge in [-0.2, -0.15) is 0 Å². The lowest BCUT2D eigenvalue weighted by Crippen LogP contribution is -2.33. The minimum absolute atomic E-state index is 0.0249. The van der Waals surface area contributed by atoms with E-state index in [4.69, 9.17) is 10.5 Å². The molecule has 132 valence electrons. The van der Waals surface area contributed by atoms with Gasteiger partial charge in [-0.3, -0.25) is 4.79 Å². The molecular weight excluding hydrogens is 312 g/mol. The van der Waals surface area contributed by atoms with Gasteiger partial charge in [-0.25, -0.2) is 0 Å². The first kappa shape index (κ1) is 17.5. The first-order chi connectivity index (χ1) is 12.1. The molecule has 25 heavy (non-hydrogen) atoms. The Morgan fingerprint density at radius 1 is 1.16 bits per heavy atom. The Labute approximate surface area is 149 Å². The fourth-order valence-corrected chi connectivity index (χ4v) is 3.58. The van der Waals surface area contributed by atoms with Crippen LogP contribution in [-0.4, -0.2) is 37.0 Å². The average Bonchev–Trinajstić information content (AvgIpc) is 3.06. The van der Waals surface area contributed by atoms with Gasteiger partial charge in [0.2, 0.25) is 0 Å². The molecule has 1 aliphatic heterocycles. The molecule has 1 heterocycles. The van der Waals surface area contributed by atoms with Crippen molar-refractivity contribution in [2.75, 3.05) is 26.2 Å². The van der Waals surface area contributed by atoms with E-state index in [0.717, 1.165) is 11.3 Å². The summed E-state index contributed by atoms with van der Waals surface area (Å²) in [7, 11) is 0. The van der Waals surface area contributed by atoms with Crippen LogP contribution in [0.1, 0.15) is 22.6 Å². The third-order valence-corrected chi connectivity index (χ3v) is 5.01. The molecule has 2 atom stereocenters. The first-order valence-corrected chi connectivity index (χ1v) is 8.81. The zero-order valence-electron chi connectivity index (χ0n) is 14.9. The molecule has 1 saturated heterocycles. The Kier molecular flexibility index (Phi) is 5.39. The van der Waals surface area contributed by atoms with Gasteiger partial charge >= 0.3 is 0 Å². The van der Waals surface area contributed by atoms with Crippen molar-refractivity contribution in [3.05, 3.63) is 65.2 Å². The van der Waals surface area contributed by atoms with Gasteiger partial charge < -0.3 is 15.4 Å². The smallest absolute Gasteiger partial charge is 0.260 e. The molecule has 1 aliphatic rings. The zero-order chi connectivity index (χ0) is 17.8. The molecule has 1 amide bonds. The fourth-order valence-electron chi connectivity index (χ4n) is 3.58. The Balaban J connectivity index is 1.63. The number of amides is 1. The molecule has 0 aromatic heterocycles. The van der Waals surface area contributed by atoms with E-state index in [1.807, 2.05) is 49.1 Å². The van der Waals surface area contributed by atoms with Gasteiger partial charge in [-0.1, -0.05) is 48.0 Å². The van der Waals surface area contributed by atoms with E-state index >= 15 is 0 Å². The van der Waals surface area contributed by atoms with E-state index in [0.29, 0.717) is 31.5 Å². The largest absolute Gasteiger partial charge is 0.484 e. The molecule has 4 heteroatoms. The lowest BCUT2D eigenvalue weighted by atomic mass is 9.89. The summed E-state index contributed by atoms with van der Waals surface area (Å²) in [4.78, 5) is 14.5. The molecule has 0 aliphatic carbocycles. The normalized spacial score (nSPS) is 19.9. The number of carbonyl (C=O) groups is 1. The summed E-state index contributed by atoms with van der Waals surface area (Å²) in [5.41, 5.74) is 9.45. The van der Waals surface area contributed by atoms with Crippen LogP contribution in [0.2, 0.25) is 0 Å². The number of likely N-dealkylation sites (tertiary alicyclic amines) is 1. The molecular formula is C21H26N2O2. The summed E-state index contributed by atoms with van der Waals surface area (Å²) in [5, 5.41) is 0. The predicted octanol–water partition coefficient (Wildman–Crippen LogP) is 2.88. The summed E-state index contributed by atoms with van der Waals surface area (Å²) in [6, 6.07) is 16.3. The molecule has 0 spiro atoms. The van der Waals surface area contributed by atoms with Gasteiger partial charge in [-0.15, -0.1) is 0 Å². The van der Waals surface area contributed by atoms with Crippen molar-refractivity contribution >= 4 is 5.91 Å². The molecule has 0 radical (unpaired) electrons. The summed E-state index contributed by atoms with van der Waals surface area (Å²) in [6.07, 6.45) is 0.